The van der Waals surface area contributed by atoms with Crippen LogP contribution < -0.4 is 11.1 Å². The zero-order valence-corrected chi connectivity index (χ0v) is 13.6. The number of hydrogen-bond donors (Lipinski definition) is 2. The third-order valence-corrected chi connectivity index (χ3v) is 4.63. The number of nitrogens with two attached hydrogens (primary N) is 1. The minimum atomic E-state index is -0.0193. The number of anilines is 2. The summed E-state index contributed by atoms with van der Waals surface area (Å²) in [4.78, 5) is 21.3. The summed E-state index contributed by atoms with van der Waals surface area (Å²) in [6, 6.07) is 0.419. The molecule has 1 aromatic heterocycles. The van der Waals surface area contributed by atoms with Gasteiger partial charge in [-0.3, -0.25) is 4.79 Å². The fourth-order valence-electron chi connectivity index (χ4n) is 2.31. The molecule has 1 saturated heterocycles. The lowest BCUT2D eigenvalue weighted by Crippen LogP contribution is -2.34. The molecule has 118 valence electrons. The molecule has 21 heavy (non-hydrogen) atoms. The Kier molecular flexibility index (Phi) is 5.38. The second-order valence-corrected chi connectivity index (χ2v) is 6.31. The lowest BCUT2D eigenvalue weighted by Gasteiger charge is -2.20. The topological polar surface area (TPSA) is 83.7 Å². The van der Waals surface area contributed by atoms with E-state index in [0.29, 0.717) is 35.0 Å². The highest BCUT2D eigenvalue weighted by Gasteiger charge is 2.30. The van der Waals surface area contributed by atoms with Crippen molar-refractivity contribution in [1.82, 2.24) is 14.8 Å². The van der Waals surface area contributed by atoms with Gasteiger partial charge in [-0.05, 0) is 20.5 Å². The van der Waals surface area contributed by atoms with Crippen molar-refractivity contribution in [3.8, 4) is 0 Å². The number of ether oxygens (including phenoxy) is 1. The first-order valence-corrected chi connectivity index (χ1v) is 7.79. The van der Waals surface area contributed by atoms with Gasteiger partial charge in [-0.15, -0.1) is 0 Å². The van der Waals surface area contributed by atoms with E-state index >= 15 is 0 Å². The Hall–Kier alpha value is -1.38. The molecule has 0 aliphatic carbocycles. The van der Waals surface area contributed by atoms with E-state index < -0.39 is 0 Å². The molecular weight excluding hydrogens is 290 g/mol. The number of aromatic nitrogens is 1. The van der Waals surface area contributed by atoms with Gasteiger partial charge in [0.25, 0.3) is 5.91 Å². The van der Waals surface area contributed by atoms with Crippen LogP contribution in [0.1, 0.15) is 16.1 Å². The summed E-state index contributed by atoms with van der Waals surface area (Å²) in [6.07, 6.45) is 0.996. The molecule has 2 heterocycles. The molecule has 0 aromatic carbocycles. The normalized spacial score (nSPS) is 18.5. The van der Waals surface area contributed by atoms with Crippen molar-refractivity contribution in [3.05, 3.63) is 4.88 Å². The van der Waals surface area contributed by atoms with Gasteiger partial charge < -0.3 is 25.6 Å². The number of carbonyl (C=O) groups excluding carboxylic acids is 1. The first-order chi connectivity index (χ1) is 10.0. The summed E-state index contributed by atoms with van der Waals surface area (Å²) in [6.45, 7) is 2.74. The maximum absolute atomic E-state index is 12.5. The number of hydrogen-bond acceptors (Lipinski definition) is 7. The Morgan fingerprint density at radius 3 is 3.00 bits per heavy atom. The van der Waals surface area contributed by atoms with Gasteiger partial charge in [0, 0.05) is 32.8 Å². The van der Waals surface area contributed by atoms with Crippen LogP contribution in [-0.4, -0.2) is 74.2 Å². The number of thiazole rings is 1. The van der Waals surface area contributed by atoms with Gasteiger partial charge in [-0.25, -0.2) is 4.98 Å². The molecule has 3 N–H and O–H groups in total. The fourth-order valence-corrected chi connectivity index (χ4v) is 3.19. The molecule has 1 unspecified atom stereocenters. The van der Waals surface area contributed by atoms with Crippen LogP contribution in [0.15, 0.2) is 0 Å². The molecule has 2 rings (SSSR count). The summed E-state index contributed by atoms with van der Waals surface area (Å²) in [5, 5.41) is 3.77. The maximum Gasteiger partial charge on any atom is 0.267 e. The molecule has 1 aliphatic rings. The average Bonchev–Trinajstić information content (AvgIpc) is 3.05. The summed E-state index contributed by atoms with van der Waals surface area (Å²) in [7, 11) is 5.72. The minimum absolute atomic E-state index is 0.0193. The first-order valence-electron chi connectivity index (χ1n) is 6.97. The predicted molar refractivity (Wildman–Crippen MR) is 84.9 cm³/mol. The van der Waals surface area contributed by atoms with Crippen LogP contribution in [0.25, 0.3) is 0 Å². The van der Waals surface area contributed by atoms with Gasteiger partial charge >= 0.3 is 0 Å². The lowest BCUT2D eigenvalue weighted by molar-refractivity contribution is 0.0788. The largest absolute Gasteiger partial charge is 0.383 e. The van der Waals surface area contributed by atoms with E-state index in [0.717, 1.165) is 19.5 Å². The number of nitrogens with one attached hydrogen (secondary N) is 1. The van der Waals surface area contributed by atoms with Crippen LogP contribution in [0.3, 0.4) is 0 Å². The van der Waals surface area contributed by atoms with Crippen LogP contribution in [-0.2, 0) is 4.74 Å². The third-order valence-electron chi connectivity index (χ3n) is 3.61. The average molecular weight is 313 g/mol. The predicted octanol–water partition coefficient (Wildman–Crippen LogP) is 0.560. The van der Waals surface area contributed by atoms with E-state index in [1.54, 1.807) is 7.11 Å². The molecule has 0 bridgehead atoms. The summed E-state index contributed by atoms with van der Waals surface area (Å²) in [5.74, 6) is 0.285. The van der Waals surface area contributed by atoms with Gasteiger partial charge in [0.15, 0.2) is 5.13 Å². The van der Waals surface area contributed by atoms with Gasteiger partial charge in [0.2, 0.25) is 0 Å². The summed E-state index contributed by atoms with van der Waals surface area (Å²) < 4.78 is 4.97. The van der Waals surface area contributed by atoms with Crippen molar-refractivity contribution < 1.29 is 9.53 Å². The minimum Gasteiger partial charge on any atom is -0.383 e. The van der Waals surface area contributed by atoms with E-state index in [1.165, 1.54) is 11.3 Å². The van der Waals surface area contributed by atoms with Crippen LogP contribution in [0.5, 0.6) is 0 Å². The number of nitrogens with zero attached hydrogens (tertiary/aromatic N) is 3. The molecule has 1 amide bonds. The van der Waals surface area contributed by atoms with Crippen LogP contribution in [0.4, 0.5) is 10.9 Å². The second kappa shape index (κ2) is 7.06. The number of likely N-dealkylation sites (N-methyl/N-ethyl adjacent to an activating group) is 1. The van der Waals surface area contributed by atoms with Crippen molar-refractivity contribution in [2.75, 3.05) is 58.5 Å². The SMILES string of the molecule is COCCNc1nc(N)c(C(=O)N2CCC(N(C)C)C2)s1. The summed E-state index contributed by atoms with van der Waals surface area (Å²) >= 11 is 1.31. The third kappa shape index (κ3) is 3.84. The van der Waals surface area contributed by atoms with Crippen LogP contribution >= 0.6 is 11.3 Å². The quantitative estimate of drug-likeness (QED) is 0.747. The van der Waals surface area contributed by atoms with Crippen molar-refractivity contribution >= 4 is 28.2 Å². The molecule has 1 aliphatic heterocycles. The second-order valence-electron chi connectivity index (χ2n) is 5.31. The van der Waals surface area contributed by atoms with Crippen LogP contribution in [0, 0.1) is 0 Å². The van der Waals surface area contributed by atoms with Crippen molar-refractivity contribution in [2.45, 2.75) is 12.5 Å². The highest BCUT2D eigenvalue weighted by atomic mass is 32.1. The molecule has 8 heteroatoms. The molecule has 0 saturated carbocycles. The van der Waals surface area contributed by atoms with E-state index in [2.05, 4.69) is 15.2 Å². The number of carbonyl (C=O) groups is 1. The Balaban J connectivity index is 1.99. The van der Waals surface area contributed by atoms with Gasteiger partial charge in [-0.1, -0.05) is 11.3 Å². The van der Waals surface area contributed by atoms with Gasteiger partial charge in [0.05, 0.1) is 6.61 Å². The molecular formula is C13H23N5O2S. The van der Waals surface area contributed by atoms with Crippen molar-refractivity contribution in [2.24, 2.45) is 0 Å². The highest BCUT2D eigenvalue weighted by molar-refractivity contribution is 7.18. The lowest BCUT2D eigenvalue weighted by atomic mass is 10.2. The first kappa shape index (κ1) is 16.0. The van der Waals surface area contributed by atoms with E-state index in [9.17, 15) is 4.79 Å². The number of likely N-dealkylation sites (tertiary alicyclic amines) is 1. The Morgan fingerprint density at radius 2 is 2.38 bits per heavy atom. The number of nitrogen functional groups attached to an aromatic ring is 1. The molecule has 0 radical (unpaired) electrons. The fraction of sp³-hybridized carbons (Fsp3) is 0.692. The molecule has 1 fully saturated rings. The molecule has 1 atom stereocenters. The van der Waals surface area contributed by atoms with Gasteiger partial charge in [0.1, 0.15) is 10.7 Å². The number of methoxy groups -OCH3 is 1. The molecule has 0 spiro atoms. The Morgan fingerprint density at radius 1 is 1.62 bits per heavy atom. The number of rotatable bonds is 6. The highest BCUT2D eigenvalue weighted by Crippen LogP contribution is 2.27. The van der Waals surface area contributed by atoms with Crippen molar-refractivity contribution in [3.63, 3.8) is 0 Å². The van der Waals surface area contributed by atoms with Crippen LogP contribution in [0.2, 0.25) is 0 Å². The van der Waals surface area contributed by atoms with E-state index in [-0.39, 0.29) is 5.91 Å². The Bertz CT molecular complexity index is 491. The summed E-state index contributed by atoms with van der Waals surface area (Å²) in [5.41, 5.74) is 5.88. The van der Waals surface area contributed by atoms with E-state index in [1.807, 2.05) is 19.0 Å². The number of amides is 1. The van der Waals surface area contributed by atoms with E-state index in [4.69, 9.17) is 10.5 Å². The molecule has 1 aromatic rings. The Labute approximate surface area is 129 Å². The van der Waals surface area contributed by atoms with Gasteiger partial charge in [-0.2, -0.15) is 0 Å². The monoisotopic (exact) mass is 313 g/mol. The maximum atomic E-state index is 12.5. The van der Waals surface area contributed by atoms with Crippen molar-refractivity contribution in [1.29, 1.82) is 0 Å². The smallest absolute Gasteiger partial charge is 0.267 e. The molecule has 7 nitrogen and oxygen atoms in total. The zero-order chi connectivity index (χ0) is 15.4. The standard InChI is InChI=1S/C13H23N5O2S/c1-17(2)9-4-6-18(8-9)12(19)10-11(14)16-13(21-10)15-5-7-20-3/h9H,4-8,14H2,1-3H3,(H,15,16). The zero-order valence-electron chi connectivity index (χ0n) is 12.8.